The number of nitrogens with zero attached hydrogens (tertiary/aromatic N) is 1. The number of sulfonamides is 1. The number of nitrogens with one attached hydrogen (secondary N) is 2. The summed E-state index contributed by atoms with van der Waals surface area (Å²) in [4.78, 5) is 4.98. The minimum absolute atomic E-state index is 0.195. The number of hydrogen-bond donors (Lipinski definition) is 2. The number of hydrogen-bond acceptors (Lipinski definition) is 6. The zero-order chi connectivity index (χ0) is 15.3. The van der Waals surface area contributed by atoms with Gasteiger partial charge in [0.2, 0.25) is 10.0 Å². The van der Waals surface area contributed by atoms with Gasteiger partial charge in [-0.25, -0.2) is 13.1 Å². The fourth-order valence-electron chi connectivity index (χ4n) is 1.84. The highest BCUT2D eigenvalue weighted by molar-refractivity contribution is 7.89. The first-order chi connectivity index (χ1) is 10.0. The first kappa shape index (κ1) is 16.2. The molecule has 0 atom stereocenters. The highest BCUT2D eigenvalue weighted by atomic mass is 32.2. The molecule has 2 aromatic rings. The van der Waals surface area contributed by atoms with Crippen molar-refractivity contribution in [3.63, 3.8) is 0 Å². The molecule has 0 radical (unpaired) electrons. The molecule has 0 bridgehead atoms. The second-order valence-electron chi connectivity index (χ2n) is 4.60. The lowest BCUT2D eigenvalue weighted by Gasteiger charge is -2.03. The summed E-state index contributed by atoms with van der Waals surface area (Å²) in [5, 5.41) is 3.18. The van der Waals surface area contributed by atoms with Gasteiger partial charge in [-0.15, -0.1) is 11.3 Å². The molecule has 0 aliphatic heterocycles. The van der Waals surface area contributed by atoms with Gasteiger partial charge < -0.3 is 9.73 Å². The Labute approximate surface area is 128 Å². The second kappa shape index (κ2) is 7.17. The molecule has 0 fully saturated rings. The smallest absolute Gasteiger partial charge is 0.244 e. The fraction of sp³-hybridized carbons (Fsp3) is 0.462. The van der Waals surface area contributed by atoms with Gasteiger partial charge in [-0.2, -0.15) is 0 Å². The molecule has 0 aliphatic rings. The third-order valence-electron chi connectivity index (χ3n) is 2.86. The van der Waals surface area contributed by atoms with Crippen LogP contribution in [0.4, 0.5) is 0 Å². The molecule has 21 heavy (non-hydrogen) atoms. The van der Waals surface area contributed by atoms with Crippen molar-refractivity contribution in [1.29, 1.82) is 0 Å². The molecular formula is C13H19N3O3S2. The van der Waals surface area contributed by atoms with Crippen LogP contribution in [0.2, 0.25) is 0 Å². The van der Waals surface area contributed by atoms with Crippen molar-refractivity contribution < 1.29 is 12.8 Å². The van der Waals surface area contributed by atoms with Crippen molar-refractivity contribution in [3.8, 4) is 0 Å². The summed E-state index contributed by atoms with van der Waals surface area (Å²) >= 11 is 1.41. The Kier molecular flexibility index (Phi) is 5.51. The highest BCUT2D eigenvalue weighted by Gasteiger charge is 2.21. The molecule has 0 aromatic carbocycles. The molecular weight excluding hydrogens is 310 g/mol. The Morgan fingerprint density at radius 2 is 2.19 bits per heavy atom. The summed E-state index contributed by atoms with van der Waals surface area (Å²) in [5.41, 5.74) is 1.67. The summed E-state index contributed by atoms with van der Waals surface area (Å²) in [7, 11) is -3.57. The van der Waals surface area contributed by atoms with E-state index >= 15 is 0 Å². The number of aromatic nitrogens is 1. The van der Waals surface area contributed by atoms with E-state index in [9.17, 15) is 8.42 Å². The molecule has 6 nitrogen and oxygen atoms in total. The average molecular weight is 329 g/mol. The van der Waals surface area contributed by atoms with E-state index in [1.165, 1.54) is 11.3 Å². The SMILES string of the molecule is CCCNCc1cc(S(=O)(=O)NCc2cncs2)c(C)o1. The molecule has 0 saturated carbocycles. The van der Waals surface area contributed by atoms with Gasteiger partial charge in [0.05, 0.1) is 12.1 Å². The summed E-state index contributed by atoms with van der Waals surface area (Å²) in [5.74, 6) is 1.03. The highest BCUT2D eigenvalue weighted by Crippen LogP contribution is 2.20. The van der Waals surface area contributed by atoms with E-state index in [4.69, 9.17) is 4.42 Å². The quantitative estimate of drug-likeness (QED) is 0.724. The van der Waals surface area contributed by atoms with E-state index in [2.05, 4.69) is 21.9 Å². The maximum Gasteiger partial charge on any atom is 0.244 e. The zero-order valence-electron chi connectivity index (χ0n) is 12.0. The van der Waals surface area contributed by atoms with E-state index in [0.29, 0.717) is 18.1 Å². The maximum atomic E-state index is 12.3. The predicted octanol–water partition coefficient (Wildman–Crippen LogP) is 2.02. The van der Waals surface area contributed by atoms with Crippen molar-refractivity contribution >= 4 is 21.4 Å². The standard InChI is InChI=1S/C13H19N3O3S2/c1-3-4-14-6-11-5-13(10(2)19-11)21(17,18)16-8-12-7-15-9-20-12/h5,7,9,14,16H,3-4,6,8H2,1-2H3. The van der Waals surface area contributed by atoms with Crippen LogP contribution in [0.25, 0.3) is 0 Å². The van der Waals surface area contributed by atoms with Crippen LogP contribution >= 0.6 is 11.3 Å². The number of thiazole rings is 1. The first-order valence-electron chi connectivity index (χ1n) is 6.70. The van der Waals surface area contributed by atoms with Crippen molar-refractivity contribution in [2.45, 2.75) is 38.3 Å². The summed E-state index contributed by atoms with van der Waals surface area (Å²) in [6, 6.07) is 1.58. The number of rotatable bonds is 8. The van der Waals surface area contributed by atoms with Gasteiger partial charge in [0.1, 0.15) is 16.4 Å². The summed E-state index contributed by atoms with van der Waals surface area (Å²) < 4.78 is 32.6. The van der Waals surface area contributed by atoms with Crippen molar-refractivity contribution in [1.82, 2.24) is 15.0 Å². The average Bonchev–Trinajstić information content (AvgIpc) is 3.07. The van der Waals surface area contributed by atoms with Gasteiger partial charge in [-0.1, -0.05) is 6.92 Å². The summed E-state index contributed by atoms with van der Waals surface area (Å²) in [6.07, 6.45) is 2.66. The number of aryl methyl sites for hydroxylation is 1. The third kappa shape index (κ3) is 4.37. The monoisotopic (exact) mass is 329 g/mol. The number of furan rings is 1. The molecule has 0 aliphatic carbocycles. The van der Waals surface area contributed by atoms with Crippen molar-refractivity contribution in [3.05, 3.63) is 34.2 Å². The van der Waals surface area contributed by atoms with E-state index < -0.39 is 10.0 Å². The topological polar surface area (TPSA) is 84.2 Å². The third-order valence-corrected chi connectivity index (χ3v) is 5.15. The van der Waals surface area contributed by atoms with E-state index in [-0.39, 0.29) is 11.4 Å². The predicted molar refractivity (Wildman–Crippen MR) is 81.6 cm³/mol. The molecule has 0 spiro atoms. The van der Waals surface area contributed by atoms with Crippen LogP contribution in [-0.2, 0) is 23.1 Å². The van der Waals surface area contributed by atoms with Crippen LogP contribution in [0.1, 0.15) is 29.7 Å². The molecule has 0 saturated heterocycles. The Balaban J connectivity index is 2.05. The lowest BCUT2D eigenvalue weighted by Crippen LogP contribution is -2.23. The molecule has 116 valence electrons. The van der Waals surface area contributed by atoms with Crippen LogP contribution < -0.4 is 10.0 Å². The Morgan fingerprint density at radius 1 is 1.38 bits per heavy atom. The normalized spacial score (nSPS) is 11.9. The Hall–Kier alpha value is -1.22. The Bertz CT molecular complexity index is 663. The van der Waals surface area contributed by atoms with Gasteiger partial charge in [0.25, 0.3) is 0 Å². The van der Waals surface area contributed by atoms with Gasteiger partial charge in [-0.3, -0.25) is 4.98 Å². The minimum atomic E-state index is -3.57. The minimum Gasteiger partial charge on any atom is -0.464 e. The molecule has 2 heterocycles. The summed E-state index contributed by atoms with van der Waals surface area (Å²) in [6.45, 7) is 5.36. The molecule has 8 heteroatoms. The van der Waals surface area contributed by atoms with Crippen LogP contribution in [0.15, 0.2) is 27.1 Å². The largest absolute Gasteiger partial charge is 0.464 e. The van der Waals surface area contributed by atoms with Gasteiger partial charge in [0.15, 0.2) is 0 Å². The molecule has 2 N–H and O–H groups in total. The Morgan fingerprint density at radius 3 is 2.86 bits per heavy atom. The van der Waals surface area contributed by atoms with Gasteiger partial charge in [-0.05, 0) is 19.9 Å². The molecule has 0 unspecified atom stereocenters. The van der Waals surface area contributed by atoms with Crippen molar-refractivity contribution in [2.24, 2.45) is 0 Å². The lowest BCUT2D eigenvalue weighted by molar-refractivity contribution is 0.457. The second-order valence-corrected chi connectivity index (χ2v) is 7.31. The van der Waals surface area contributed by atoms with Crippen molar-refractivity contribution in [2.75, 3.05) is 6.54 Å². The van der Waals surface area contributed by atoms with Crippen LogP contribution in [0.3, 0.4) is 0 Å². The first-order valence-corrected chi connectivity index (χ1v) is 9.06. The molecule has 2 aromatic heterocycles. The van der Waals surface area contributed by atoms with Crippen LogP contribution in [0, 0.1) is 6.92 Å². The van der Waals surface area contributed by atoms with Gasteiger partial charge >= 0.3 is 0 Å². The molecule has 0 amide bonds. The van der Waals surface area contributed by atoms with E-state index in [1.807, 2.05) is 0 Å². The fourth-order valence-corrected chi connectivity index (χ4v) is 3.67. The lowest BCUT2D eigenvalue weighted by atomic mass is 10.4. The molecule has 2 rings (SSSR count). The van der Waals surface area contributed by atoms with Gasteiger partial charge in [0, 0.05) is 23.7 Å². The van der Waals surface area contributed by atoms with E-state index in [1.54, 1.807) is 24.7 Å². The van der Waals surface area contributed by atoms with Crippen LogP contribution in [-0.4, -0.2) is 19.9 Å². The van der Waals surface area contributed by atoms with E-state index in [0.717, 1.165) is 17.8 Å². The zero-order valence-corrected chi connectivity index (χ0v) is 13.7. The van der Waals surface area contributed by atoms with Crippen LogP contribution in [0.5, 0.6) is 0 Å². The maximum absolute atomic E-state index is 12.3.